The Morgan fingerprint density at radius 2 is 1.90 bits per heavy atom. The van der Waals surface area contributed by atoms with Crippen LogP contribution in [0.1, 0.15) is 47.4 Å². The lowest BCUT2D eigenvalue weighted by molar-refractivity contribution is 0.0958. The zero-order valence-electron chi connectivity index (χ0n) is 18.1. The van der Waals surface area contributed by atoms with Crippen LogP contribution in [0.3, 0.4) is 0 Å². The van der Waals surface area contributed by atoms with Crippen LogP contribution >= 0.6 is 0 Å². The summed E-state index contributed by atoms with van der Waals surface area (Å²) in [5.74, 6) is 1.03. The van der Waals surface area contributed by atoms with Gasteiger partial charge in [0.25, 0.3) is 5.91 Å². The molecule has 8 nitrogen and oxygen atoms in total. The number of aryl methyl sites for hydroxylation is 1. The van der Waals surface area contributed by atoms with E-state index < -0.39 is 0 Å². The number of piperidine rings is 1. The van der Waals surface area contributed by atoms with Crippen molar-refractivity contribution >= 4 is 23.4 Å². The summed E-state index contributed by atoms with van der Waals surface area (Å²) >= 11 is 0. The van der Waals surface area contributed by atoms with Gasteiger partial charge in [0, 0.05) is 32.4 Å². The van der Waals surface area contributed by atoms with Crippen molar-refractivity contribution in [3.8, 4) is 0 Å². The Hall–Kier alpha value is -3.16. The van der Waals surface area contributed by atoms with Gasteiger partial charge in [-0.2, -0.15) is 0 Å². The third kappa shape index (κ3) is 5.51. The van der Waals surface area contributed by atoms with E-state index in [1.165, 1.54) is 5.56 Å². The van der Waals surface area contributed by atoms with E-state index in [0.29, 0.717) is 23.5 Å². The van der Waals surface area contributed by atoms with E-state index in [0.717, 1.165) is 56.6 Å². The first-order valence-corrected chi connectivity index (χ1v) is 11.0. The summed E-state index contributed by atoms with van der Waals surface area (Å²) in [5, 5.41) is 8.37. The van der Waals surface area contributed by atoms with Crippen molar-refractivity contribution in [1.29, 1.82) is 0 Å². The maximum absolute atomic E-state index is 11.9. The van der Waals surface area contributed by atoms with Crippen LogP contribution in [0.25, 0.3) is 0 Å². The van der Waals surface area contributed by atoms with Gasteiger partial charge in [-0.15, -0.1) is 0 Å². The van der Waals surface area contributed by atoms with Crippen LogP contribution in [0.15, 0.2) is 30.5 Å². The first-order valence-electron chi connectivity index (χ1n) is 11.0. The molecule has 2 aromatic rings. The van der Waals surface area contributed by atoms with Crippen molar-refractivity contribution < 1.29 is 9.59 Å². The number of hydrogen-bond acceptors (Lipinski definition) is 5. The van der Waals surface area contributed by atoms with Crippen LogP contribution in [0, 0.1) is 12.8 Å². The summed E-state index contributed by atoms with van der Waals surface area (Å²) < 4.78 is 0. The summed E-state index contributed by atoms with van der Waals surface area (Å²) in [6.45, 7) is 3.89. The highest BCUT2D eigenvalue weighted by Crippen LogP contribution is 2.28. The second-order valence-corrected chi connectivity index (χ2v) is 8.44. The molecule has 0 radical (unpaired) electrons. The van der Waals surface area contributed by atoms with Crippen LogP contribution in [0.2, 0.25) is 0 Å². The largest absolute Gasteiger partial charge is 0.370 e. The monoisotopic (exact) mass is 422 g/mol. The van der Waals surface area contributed by atoms with E-state index >= 15 is 0 Å². The molecule has 0 aromatic carbocycles. The number of carbonyl (C=O) groups excluding carboxylic acids is 2. The Morgan fingerprint density at radius 3 is 2.58 bits per heavy atom. The van der Waals surface area contributed by atoms with E-state index in [9.17, 15) is 9.59 Å². The number of urea groups is 1. The minimum Gasteiger partial charge on any atom is -0.370 e. The molecule has 0 atom stereocenters. The molecule has 1 aliphatic heterocycles. The van der Waals surface area contributed by atoms with Gasteiger partial charge in [0.05, 0.1) is 11.4 Å². The topological polar surface area (TPSA) is 99.3 Å². The molecule has 3 heterocycles. The maximum Gasteiger partial charge on any atom is 0.320 e. The predicted molar refractivity (Wildman–Crippen MR) is 120 cm³/mol. The average Bonchev–Trinajstić information content (AvgIpc) is 3.58. The van der Waals surface area contributed by atoms with E-state index in [2.05, 4.69) is 30.8 Å². The molecule has 0 spiro atoms. The van der Waals surface area contributed by atoms with Crippen LogP contribution in [-0.2, 0) is 6.42 Å². The highest BCUT2D eigenvalue weighted by Gasteiger charge is 2.24. The summed E-state index contributed by atoms with van der Waals surface area (Å²) in [7, 11) is 1.61. The predicted octanol–water partition coefficient (Wildman–Crippen LogP) is 2.89. The van der Waals surface area contributed by atoms with Gasteiger partial charge in [-0.3, -0.25) is 10.1 Å². The lowest BCUT2D eigenvalue weighted by Crippen LogP contribution is -2.35. The first-order chi connectivity index (χ1) is 15.0. The quantitative estimate of drug-likeness (QED) is 0.665. The number of rotatable bonds is 6. The number of pyridine rings is 2. The lowest BCUT2D eigenvalue weighted by atomic mass is 9.90. The molecule has 3 N–H and O–H groups in total. The SMILES string of the molecule is CNC(=O)c1ccc(N2CCC(Cc3ccnc(NC(=O)NC4CC4)c3)CC2)c(C)n1. The van der Waals surface area contributed by atoms with Crippen molar-refractivity contribution in [2.75, 3.05) is 30.4 Å². The van der Waals surface area contributed by atoms with Gasteiger partial charge in [0.2, 0.25) is 0 Å². The van der Waals surface area contributed by atoms with Gasteiger partial charge in [0.1, 0.15) is 11.5 Å². The van der Waals surface area contributed by atoms with Crippen LogP contribution in [-0.4, -0.2) is 48.1 Å². The Balaban J connectivity index is 1.30. The van der Waals surface area contributed by atoms with Crippen molar-refractivity contribution in [1.82, 2.24) is 20.6 Å². The number of aromatic nitrogens is 2. The fourth-order valence-electron chi connectivity index (χ4n) is 4.09. The van der Waals surface area contributed by atoms with Crippen molar-refractivity contribution in [3.63, 3.8) is 0 Å². The van der Waals surface area contributed by atoms with Gasteiger partial charge in [0.15, 0.2) is 0 Å². The van der Waals surface area contributed by atoms with Gasteiger partial charge in [-0.25, -0.2) is 14.8 Å². The fraction of sp³-hybridized carbons (Fsp3) is 0.478. The molecule has 31 heavy (non-hydrogen) atoms. The summed E-state index contributed by atoms with van der Waals surface area (Å²) in [6, 6.07) is 7.95. The molecular weight excluding hydrogens is 392 g/mol. The Kier molecular flexibility index (Phi) is 6.34. The van der Waals surface area contributed by atoms with Crippen LogP contribution in [0.5, 0.6) is 0 Å². The fourth-order valence-corrected chi connectivity index (χ4v) is 4.09. The van der Waals surface area contributed by atoms with E-state index in [-0.39, 0.29) is 11.9 Å². The summed E-state index contributed by atoms with van der Waals surface area (Å²) in [6.07, 6.45) is 7.04. The Morgan fingerprint density at radius 1 is 1.13 bits per heavy atom. The molecular formula is C23H30N6O2. The standard InChI is InChI=1S/C23H30N6O2/c1-15-20(6-5-19(26-15)22(30)24-2)29-11-8-16(9-12-29)13-17-7-10-25-21(14-17)28-23(31)27-18-3-4-18/h5-7,10,14,16,18H,3-4,8-9,11-13H2,1-2H3,(H,24,30)(H2,25,27,28,31). The number of nitrogens with zero attached hydrogens (tertiary/aromatic N) is 3. The van der Waals surface area contributed by atoms with E-state index in [1.807, 2.05) is 25.1 Å². The third-order valence-corrected chi connectivity index (χ3v) is 5.98. The molecule has 0 unspecified atom stereocenters. The average molecular weight is 423 g/mol. The number of hydrogen-bond donors (Lipinski definition) is 3. The molecule has 1 saturated heterocycles. The molecule has 0 bridgehead atoms. The molecule has 3 amide bonds. The minimum absolute atomic E-state index is 0.162. The molecule has 164 valence electrons. The van der Waals surface area contributed by atoms with Crippen molar-refractivity contribution in [2.24, 2.45) is 5.92 Å². The first kappa shape index (κ1) is 21.1. The molecule has 2 fully saturated rings. The summed E-state index contributed by atoms with van der Waals surface area (Å²) in [5.41, 5.74) is 3.63. The van der Waals surface area contributed by atoms with Gasteiger partial charge in [-0.1, -0.05) is 0 Å². The molecule has 2 aromatic heterocycles. The van der Waals surface area contributed by atoms with Crippen molar-refractivity contribution in [3.05, 3.63) is 47.4 Å². The van der Waals surface area contributed by atoms with Crippen LogP contribution < -0.4 is 20.9 Å². The number of amides is 3. The van der Waals surface area contributed by atoms with Crippen molar-refractivity contribution in [2.45, 2.75) is 45.1 Å². The lowest BCUT2D eigenvalue weighted by Gasteiger charge is -2.34. The normalized spacial score (nSPS) is 16.6. The Labute approximate surface area is 182 Å². The second kappa shape index (κ2) is 9.32. The van der Waals surface area contributed by atoms with Gasteiger partial charge >= 0.3 is 6.03 Å². The van der Waals surface area contributed by atoms with Gasteiger partial charge in [-0.05, 0) is 74.8 Å². The Bertz CT molecular complexity index is 951. The minimum atomic E-state index is -0.174. The zero-order chi connectivity index (χ0) is 21.8. The van der Waals surface area contributed by atoms with Gasteiger partial charge < -0.3 is 15.5 Å². The number of nitrogens with one attached hydrogen (secondary N) is 3. The summed E-state index contributed by atoms with van der Waals surface area (Å²) in [4.78, 5) is 34.8. The van der Waals surface area contributed by atoms with Crippen LogP contribution in [0.4, 0.5) is 16.3 Å². The molecule has 4 rings (SSSR count). The zero-order valence-corrected chi connectivity index (χ0v) is 18.1. The number of carbonyl (C=O) groups is 2. The highest BCUT2D eigenvalue weighted by molar-refractivity contribution is 5.92. The maximum atomic E-state index is 11.9. The molecule has 1 saturated carbocycles. The smallest absolute Gasteiger partial charge is 0.320 e. The molecule has 2 aliphatic rings. The molecule has 1 aliphatic carbocycles. The second-order valence-electron chi connectivity index (χ2n) is 8.44. The van der Waals surface area contributed by atoms with E-state index in [4.69, 9.17) is 0 Å². The molecule has 8 heteroatoms. The number of anilines is 2. The van der Waals surface area contributed by atoms with E-state index in [1.54, 1.807) is 19.3 Å². The highest BCUT2D eigenvalue weighted by atomic mass is 16.2. The third-order valence-electron chi connectivity index (χ3n) is 5.98.